The summed E-state index contributed by atoms with van der Waals surface area (Å²) in [5, 5.41) is 13.1. The van der Waals surface area contributed by atoms with Crippen LogP contribution in [0.2, 0.25) is 0 Å². The van der Waals surface area contributed by atoms with Gasteiger partial charge in [-0.15, -0.1) is 0 Å². The lowest BCUT2D eigenvalue weighted by atomic mass is 9.96. The molecule has 1 atom stereocenters. The van der Waals surface area contributed by atoms with Gasteiger partial charge in [0, 0.05) is 18.6 Å². The number of hydrogen-bond acceptors (Lipinski definition) is 3. The molecule has 1 heterocycles. The van der Waals surface area contributed by atoms with Gasteiger partial charge in [0.05, 0.1) is 12.0 Å². The van der Waals surface area contributed by atoms with Gasteiger partial charge in [-0.05, 0) is 46.7 Å². The molecule has 1 rings (SSSR count). The van der Waals surface area contributed by atoms with Crippen molar-refractivity contribution >= 4 is 0 Å². The molecule has 0 bridgehead atoms. The average Bonchev–Trinajstić information content (AvgIpc) is 2.25. The van der Waals surface area contributed by atoms with Crippen molar-refractivity contribution in [2.75, 3.05) is 26.2 Å². The van der Waals surface area contributed by atoms with Gasteiger partial charge in [0.25, 0.3) is 0 Å². The molecule has 1 fully saturated rings. The summed E-state index contributed by atoms with van der Waals surface area (Å²) in [7, 11) is 0. The molecule has 6 heteroatoms. The fraction of sp³-hybridized carbons (Fsp3) is 1.00. The maximum absolute atomic E-state index is 12.5. The Bertz CT molecular complexity index is 268. The molecule has 114 valence electrons. The summed E-state index contributed by atoms with van der Waals surface area (Å²) in [5.74, 6) is -1.17. The van der Waals surface area contributed by atoms with Crippen LogP contribution in [0.5, 0.6) is 0 Å². The number of β-amino-alcohol motifs (C(OH)–C–C–N with tert-alkyl or cyclic N) is 1. The van der Waals surface area contributed by atoms with Crippen LogP contribution in [0.1, 0.15) is 33.6 Å². The van der Waals surface area contributed by atoms with Crippen LogP contribution in [-0.4, -0.2) is 54.0 Å². The molecule has 0 saturated carbocycles. The Morgan fingerprint density at radius 2 is 1.74 bits per heavy atom. The van der Waals surface area contributed by atoms with E-state index in [9.17, 15) is 18.3 Å². The molecule has 2 N–H and O–H groups in total. The van der Waals surface area contributed by atoms with E-state index in [0.717, 1.165) is 0 Å². The summed E-state index contributed by atoms with van der Waals surface area (Å²) in [6.07, 6.45) is -4.33. The molecule has 0 aromatic carbocycles. The van der Waals surface area contributed by atoms with Crippen molar-refractivity contribution in [3.05, 3.63) is 0 Å². The fourth-order valence-electron chi connectivity index (χ4n) is 2.23. The lowest BCUT2D eigenvalue weighted by Gasteiger charge is -2.34. The van der Waals surface area contributed by atoms with E-state index in [0.29, 0.717) is 26.2 Å². The highest BCUT2D eigenvalue weighted by molar-refractivity contribution is 4.80. The van der Waals surface area contributed by atoms with Crippen molar-refractivity contribution in [3.63, 3.8) is 0 Å². The van der Waals surface area contributed by atoms with Gasteiger partial charge < -0.3 is 15.3 Å². The number of hydrogen-bond donors (Lipinski definition) is 2. The Hall–Kier alpha value is -0.330. The summed E-state index contributed by atoms with van der Waals surface area (Å²) in [4.78, 5) is 1.91. The number of likely N-dealkylation sites (tertiary alicyclic amines) is 1. The highest BCUT2D eigenvalue weighted by Gasteiger charge is 2.41. The number of aliphatic hydroxyl groups is 1. The molecule has 1 unspecified atom stereocenters. The normalized spacial score (nSPS) is 21.6. The van der Waals surface area contributed by atoms with Crippen LogP contribution in [0.15, 0.2) is 0 Å². The van der Waals surface area contributed by atoms with Crippen molar-refractivity contribution in [2.24, 2.45) is 5.92 Å². The number of nitrogens with one attached hydrogen (secondary N) is 1. The van der Waals surface area contributed by atoms with Crippen molar-refractivity contribution in [3.8, 4) is 0 Å². The maximum Gasteiger partial charge on any atom is 0.391 e. The largest absolute Gasteiger partial charge is 0.391 e. The molecule has 0 spiro atoms. The van der Waals surface area contributed by atoms with Crippen molar-refractivity contribution in [2.45, 2.75) is 51.4 Å². The number of piperidine rings is 1. The van der Waals surface area contributed by atoms with Gasteiger partial charge in [-0.3, -0.25) is 0 Å². The molecular weight excluding hydrogens is 257 g/mol. The predicted molar refractivity (Wildman–Crippen MR) is 69.0 cm³/mol. The highest BCUT2D eigenvalue weighted by atomic mass is 19.4. The van der Waals surface area contributed by atoms with Gasteiger partial charge in [0.15, 0.2) is 0 Å². The molecule has 0 aromatic rings. The van der Waals surface area contributed by atoms with Gasteiger partial charge in [0.2, 0.25) is 0 Å². The second kappa shape index (κ2) is 6.41. The number of alkyl halides is 3. The number of halogens is 3. The van der Waals surface area contributed by atoms with Gasteiger partial charge in [-0.2, -0.15) is 13.2 Å². The number of aliphatic hydroxyl groups excluding tert-OH is 1. The topological polar surface area (TPSA) is 35.5 Å². The Balaban J connectivity index is 2.25. The number of nitrogens with zero attached hydrogens (tertiary/aromatic N) is 1. The quantitative estimate of drug-likeness (QED) is 0.828. The van der Waals surface area contributed by atoms with Crippen molar-refractivity contribution in [1.29, 1.82) is 0 Å². The first-order chi connectivity index (χ1) is 8.58. The second-order valence-electron chi connectivity index (χ2n) is 6.40. The first kappa shape index (κ1) is 16.7. The third-order valence-electron chi connectivity index (χ3n) is 3.39. The van der Waals surface area contributed by atoms with E-state index < -0.39 is 18.2 Å². The van der Waals surface area contributed by atoms with E-state index in [1.165, 1.54) is 0 Å². The fourth-order valence-corrected chi connectivity index (χ4v) is 2.23. The predicted octanol–water partition coefficient (Wildman–Crippen LogP) is 2.01. The van der Waals surface area contributed by atoms with Gasteiger partial charge in [0.1, 0.15) is 0 Å². The summed E-state index contributed by atoms with van der Waals surface area (Å²) >= 11 is 0. The van der Waals surface area contributed by atoms with Crippen molar-refractivity contribution < 1.29 is 18.3 Å². The zero-order chi connectivity index (χ0) is 14.7. The Morgan fingerprint density at radius 1 is 1.21 bits per heavy atom. The summed E-state index contributed by atoms with van der Waals surface area (Å²) in [6.45, 7) is 7.75. The third-order valence-corrected chi connectivity index (χ3v) is 3.39. The molecule has 19 heavy (non-hydrogen) atoms. The smallest absolute Gasteiger partial charge is 0.390 e. The standard InChI is InChI=1S/C13H25F3N2O/c1-12(2,3)17-8-11(19)9-18-6-4-10(5-7-18)13(14,15)16/h10-11,17,19H,4-9H2,1-3H3. The summed E-state index contributed by atoms with van der Waals surface area (Å²) in [6, 6.07) is 0. The zero-order valence-electron chi connectivity index (χ0n) is 11.9. The molecule has 0 aliphatic carbocycles. The van der Waals surface area contributed by atoms with Gasteiger partial charge in [-0.25, -0.2) is 0 Å². The molecule has 0 amide bonds. The molecule has 1 aliphatic heterocycles. The molecule has 0 radical (unpaired) electrons. The van der Waals surface area contributed by atoms with E-state index in [-0.39, 0.29) is 18.4 Å². The molecule has 0 aromatic heterocycles. The Morgan fingerprint density at radius 3 is 2.16 bits per heavy atom. The summed E-state index contributed by atoms with van der Waals surface area (Å²) in [5.41, 5.74) is -0.0652. The van der Waals surface area contributed by atoms with Crippen LogP contribution in [-0.2, 0) is 0 Å². The average molecular weight is 282 g/mol. The van der Waals surface area contributed by atoms with E-state index in [1.54, 1.807) is 0 Å². The Labute approximate surface area is 113 Å². The van der Waals surface area contributed by atoms with E-state index in [2.05, 4.69) is 5.32 Å². The zero-order valence-corrected chi connectivity index (χ0v) is 11.9. The lowest BCUT2D eigenvalue weighted by molar-refractivity contribution is -0.185. The van der Waals surface area contributed by atoms with E-state index >= 15 is 0 Å². The first-order valence-electron chi connectivity index (χ1n) is 6.80. The van der Waals surface area contributed by atoms with E-state index in [4.69, 9.17) is 0 Å². The molecule has 1 aliphatic rings. The monoisotopic (exact) mass is 282 g/mol. The van der Waals surface area contributed by atoms with Crippen LogP contribution in [0.4, 0.5) is 13.2 Å². The maximum atomic E-state index is 12.5. The van der Waals surface area contributed by atoms with Gasteiger partial charge in [-0.1, -0.05) is 0 Å². The first-order valence-corrected chi connectivity index (χ1v) is 6.80. The number of rotatable bonds is 4. The van der Waals surface area contributed by atoms with Crippen LogP contribution < -0.4 is 5.32 Å². The minimum absolute atomic E-state index is 0.0652. The lowest BCUT2D eigenvalue weighted by Crippen LogP contribution is -2.47. The SMILES string of the molecule is CC(C)(C)NCC(O)CN1CCC(C(F)(F)F)CC1. The highest BCUT2D eigenvalue weighted by Crippen LogP contribution is 2.33. The van der Waals surface area contributed by atoms with Crippen molar-refractivity contribution in [1.82, 2.24) is 10.2 Å². The third kappa shape index (κ3) is 6.58. The van der Waals surface area contributed by atoms with Crippen LogP contribution >= 0.6 is 0 Å². The minimum Gasteiger partial charge on any atom is -0.390 e. The molecule has 1 saturated heterocycles. The minimum atomic E-state index is -4.07. The van der Waals surface area contributed by atoms with E-state index in [1.807, 2.05) is 25.7 Å². The molecular formula is C13H25F3N2O. The van der Waals surface area contributed by atoms with Crippen LogP contribution in [0.25, 0.3) is 0 Å². The second-order valence-corrected chi connectivity index (χ2v) is 6.40. The Kier molecular flexibility index (Phi) is 5.65. The van der Waals surface area contributed by atoms with Crippen LogP contribution in [0.3, 0.4) is 0 Å². The summed E-state index contributed by atoms with van der Waals surface area (Å²) < 4.78 is 37.5. The van der Waals surface area contributed by atoms with Crippen LogP contribution in [0, 0.1) is 5.92 Å². The molecule has 3 nitrogen and oxygen atoms in total. The van der Waals surface area contributed by atoms with Gasteiger partial charge >= 0.3 is 6.18 Å².